The fourth-order valence-electron chi connectivity index (χ4n) is 5.17. The SMILES string of the molecule is c1cc(Oc2cccc(-c3ccc4oc5cccnc5c4c3)c2)cc(-c2ccc3oc4cccnc4c3c2)c1. The molecule has 0 saturated carbocycles. The number of ether oxygens (including phenoxy) is 1. The van der Waals surface area contributed by atoms with Crippen molar-refractivity contribution in [1.82, 2.24) is 9.97 Å². The normalized spacial score (nSPS) is 11.6. The molecule has 8 aromatic rings. The Morgan fingerprint density at radius 2 is 0.923 bits per heavy atom. The Labute approximate surface area is 222 Å². The van der Waals surface area contributed by atoms with Gasteiger partial charge in [0.05, 0.1) is 0 Å². The van der Waals surface area contributed by atoms with Crippen LogP contribution < -0.4 is 4.74 Å². The smallest absolute Gasteiger partial charge is 0.153 e. The second kappa shape index (κ2) is 8.57. The molecule has 0 bridgehead atoms. The van der Waals surface area contributed by atoms with Crippen molar-refractivity contribution in [3.8, 4) is 33.8 Å². The van der Waals surface area contributed by atoms with Crippen molar-refractivity contribution in [1.29, 1.82) is 0 Å². The van der Waals surface area contributed by atoms with Crippen LogP contribution in [-0.4, -0.2) is 9.97 Å². The molecule has 0 saturated heterocycles. The van der Waals surface area contributed by atoms with Gasteiger partial charge in [-0.05, 0) is 95.1 Å². The number of pyridine rings is 2. The maximum atomic E-state index is 6.33. The van der Waals surface area contributed by atoms with Gasteiger partial charge in [-0.25, -0.2) is 0 Å². The van der Waals surface area contributed by atoms with Crippen molar-refractivity contribution in [2.75, 3.05) is 0 Å². The number of furan rings is 2. The van der Waals surface area contributed by atoms with E-state index in [-0.39, 0.29) is 0 Å². The second-order valence-corrected chi connectivity index (χ2v) is 9.48. The number of aromatic nitrogens is 2. The maximum absolute atomic E-state index is 6.33. The van der Waals surface area contributed by atoms with Crippen LogP contribution in [0.25, 0.3) is 66.4 Å². The summed E-state index contributed by atoms with van der Waals surface area (Å²) in [5, 5.41) is 2.00. The number of hydrogen-bond donors (Lipinski definition) is 0. The molecule has 8 rings (SSSR count). The Hall–Kier alpha value is -5.42. The van der Waals surface area contributed by atoms with Crippen molar-refractivity contribution >= 4 is 44.1 Å². The average molecular weight is 505 g/mol. The third-order valence-corrected chi connectivity index (χ3v) is 7.02. The summed E-state index contributed by atoms with van der Waals surface area (Å²) in [6.45, 7) is 0. The summed E-state index contributed by atoms with van der Waals surface area (Å²) >= 11 is 0. The lowest BCUT2D eigenvalue weighted by atomic mass is 10.0. The zero-order chi connectivity index (χ0) is 25.8. The van der Waals surface area contributed by atoms with Gasteiger partial charge in [-0.15, -0.1) is 0 Å². The minimum Gasteiger partial charge on any atom is -0.457 e. The second-order valence-electron chi connectivity index (χ2n) is 9.48. The minimum absolute atomic E-state index is 0.764. The van der Waals surface area contributed by atoms with Crippen LogP contribution in [0.1, 0.15) is 0 Å². The summed E-state index contributed by atoms with van der Waals surface area (Å²) in [5.41, 5.74) is 9.24. The van der Waals surface area contributed by atoms with Gasteiger partial charge in [0.25, 0.3) is 0 Å². The Balaban J connectivity index is 1.12. The summed E-state index contributed by atoms with van der Waals surface area (Å²) in [7, 11) is 0. The van der Waals surface area contributed by atoms with Crippen LogP contribution in [0.5, 0.6) is 11.5 Å². The molecule has 0 spiro atoms. The standard InChI is InChI=1S/C34H20N2O3/c1-5-21(23-11-13-29-27(19-23)33-31(38-29)9-3-15-35-33)17-25(7-1)37-26-8-2-6-22(18-26)24-12-14-30-28(20-24)34-32(39-30)10-4-16-36-34/h1-20H. The first-order valence-electron chi connectivity index (χ1n) is 12.7. The first-order chi connectivity index (χ1) is 19.3. The highest BCUT2D eigenvalue weighted by Crippen LogP contribution is 2.35. The van der Waals surface area contributed by atoms with Crippen LogP contribution >= 0.6 is 0 Å². The van der Waals surface area contributed by atoms with Gasteiger partial charge in [0, 0.05) is 23.2 Å². The molecule has 0 amide bonds. The van der Waals surface area contributed by atoms with E-state index in [4.69, 9.17) is 13.6 Å². The third kappa shape index (κ3) is 3.71. The fraction of sp³-hybridized carbons (Fsp3) is 0. The topological polar surface area (TPSA) is 61.3 Å². The van der Waals surface area contributed by atoms with Crippen molar-refractivity contribution < 1.29 is 13.6 Å². The summed E-state index contributed by atoms with van der Waals surface area (Å²) in [6.07, 6.45) is 3.58. The van der Waals surface area contributed by atoms with Gasteiger partial charge in [0.15, 0.2) is 11.2 Å². The van der Waals surface area contributed by atoms with Crippen molar-refractivity contribution in [2.45, 2.75) is 0 Å². The predicted molar refractivity (Wildman–Crippen MR) is 154 cm³/mol. The number of nitrogens with zero attached hydrogens (tertiary/aromatic N) is 2. The van der Waals surface area contributed by atoms with Gasteiger partial charge in [-0.2, -0.15) is 0 Å². The quantitative estimate of drug-likeness (QED) is 0.239. The number of hydrogen-bond acceptors (Lipinski definition) is 5. The molecule has 0 radical (unpaired) electrons. The first kappa shape index (κ1) is 21.6. The molecule has 0 atom stereocenters. The molecule has 39 heavy (non-hydrogen) atoms. The Morgan fingerprint density at radius 3 is 1.44 bits per heavy atom. The summed E-state index contributed by atoms with van der Waals surface area (Å²) < 4.78 is 18.2. The molecule has 5 nitrogen and oxygen atoms in total. The van der Waals surface area contributed by atoms with Crippen LogP contribution in [0, 0.1) is 0 Å². The predicted octanol–water partition coefficient (Wildman–Crippen LogP) is 9.40. The molecule has 0 unspecified atom stereocenters. The van der Waals surface area contributed by atoms with E-state index in [1.165, 1.54) is 0 Å². The minimum atomic E-state index is 0.764. The van der Waals surface area contributed by atoms with E-state index >= 15 is 0 Å². The van der Waals surface area contributed by atoms with Gasteiger partial charge < -0.3 is 13.6 Å². The molecule has 4 heterocycles. The largest absolute Gasteiger partial charge is 0.457 e. The van der Waals surface area contributed by atoms with Crippen LogP contribution in [0.2, 0.25) is 0 Å². The Kier molecular flexibility index (Phi) is 4.76. The van der Waals surface area contributed by atoms with Crippen LogP contribution in [0.4, 0.5) is 0 Å². The molecule has 4 aromatic carbocycles. The van der Waals surface area contributed by atoms with E-state index in [0.29, 0.717) is 0 Å². The summed E-state index contributed by atoms with van der Waals surface area (Å²) in [6, 6.07) is 36.3. The van der Waals surface area contributed by atoms with E-state index in [1.54, 1.807) is 12.4 Å². The van der Waals surface area contributed by atoms with E-state index < -0.39 is 0 Å². The molecule has 0 N–H and O–H groups in total. The Morgan fingerprint density at radius 1 is 0.436 bits per heavy atom. The lowest BCUT2D eigenvalue weighted by Crippen LogP contribution is -1.87. The highest BCUT2D eigenvalue weighted by molar-refractivity contribution is 6.04. The molecular weight excluding hydrogens is 484 g/mol. The van der Waals surface area contributed by atoms with Gasteiger partial charge in [-0.1, -0.05) is 36.4 Å². The van der Waals surface area contributed by atoms with E-state index in [1.807, 2.05) is 60.7 Å². The first-order valence-corrected chi connectivity index (χ1v) is 12.7. The highest BCUT2D eigenvalue weighted by Gasteiger charge is 2.12. The van der Waals surface area contributed by atoms with Crippen LogP contribution in [0.3, 0.4) is 0 Å². The fourth-order valence-corrected chi connectivity index (χ4v) is 5.17. The zero-order valence-electron chi connectivity index (χ0n) is 20.7. The summed E-state index contributed by atoms with van der Waals surface area (Å²) in [4.78, 5) is 9.02. The molecule has 0 fully saturated rings. The van der Waals surface area contributed by atoms with E-state index in [2.05, 4.69) is 58.5 Å². The zero-order valence-corrected chi connectivity index (χ0v) is 20.7. The number of rotatable bonds is 4. The molecule has 0 aliphatic carbocycles. The molecule has 4 aromatic heterocycles. The molecule has 0 aliphatic rings. The van der Waals surface area contributed by atoms with Crippen molar-refractivity contribution in [2.24, 2.45) is 0 Å². The molecular formula is C34H20N2O3. The third-order valence-electron chi connectivity index (χ3n) is 7.02. The van der Waals surface area contributed by atoms with E-state index in [0.717, 1.165) is 77.9 Å². The summed E-state index contributed by atoms with van der Waals surface area (Å²) in [5.74, 6) is 1.53. The molecule has 184 valence electrons. The maximum Gasteiger partial charge on any atom is 0.153 e. The highest BCUT2D eigenvalue weighted by atomic mass is 16.5. The lowest BCUT2D eigenvalue weighted by molar-refractivity contribution is 0.483. The van der Waals surface area contributed by atoms with Gasteiger partial charge in [-0.3, -0.25) is 9.97 Å². The Bertz CT molecular complexity index is 2020. The molecule has 0 aliphatic heterocycles. The van der Waals surface area contributed by atoms with Crippen molar-refractivity contribution in [3.05, 3.63) is 122 Å². The van der Waals surface area contributed by atoms with Crippen LogP contribution in [-0.2, 0) is 0 Å². The van der Waals surface area contributed by atoms with Gasteiger partial charge in [0.2, 0.25) is 0 Å². The van der Waals surface area contributed by atoms with Crippen LogP contribution in [0.15, 0.2) is 130 Å². The number of fused-ring (bicyclic) bond motifs is 6. The van der Waals surface area contributed by atoms with E-state index in [9.17, 15) is 0 Å². The molecule has 5 heteroatoms. The number of benzene rings is 4. The monoisotopic (exact) mass is 504 g/mol. The van der Waals surface area contributed by atoms with Gasteiger partial charge in [0.1, 0.15) is 33.7 Å². The van der Waals surface area contributed by atoms with Crippen molar-refractivity contribution in [3.63, 3.8) is 0 Å². The average Bonchev–Trinajstić information content (AvgIpc) is 3.55. The van der Waals surface area contributed by atoms with Gasteiger partial charge >= 0.3 is 0 Å². The lowest BCUT2D eigenvalue weighted by Gasteiger charge is -2.10.